The van der Waals surface area contributed by atoms with Crippen molar-refractivity contribution in [2.75, 3.05) is 30.3 Å². The molecule has 2 amide bonds. The number of hydrogen-bond donors (Lipinski definition) is 3. The lowest BCUT2D eigenvalue weighted by molar-refractivity contribution is 0.0956. The van der Waals surface area contributed by atoms with E-state index in [1.165, 1.54) is 0 Å². The number of nitrogens with one attached hydrogen (secondary N) is 3. The molecule has 0 atom stereocenters. The molecular weight excluding hydrogens is 306 g/mol. The third-order valence-corrected chi connectivity index (χ3v) is 3.70. The molecule has 0 fully saturated rings. The Bertz CT molecular complexity index is 757. The Hall–Kier alpha value is -3.02. The van der Waals surface area contributed by atoms with Gasteiger partial charge in [0, 0.05) is 18.7 Å². The van der Waals surface area contributed by atoms with E-state index < -0.39 is 0 Å². The third kappa shape index (κ3) is 3.32. The smallest absolute Gasteiger partial charge is 0.255 e. The van der Waals surface area contributed by atoms with Gasteiger partial charge >= 0.3 is 0 Å². The highest BCUT2D eigenvalue weighted by Crippen LogP contribution is 2.28. The van der Waals surface area contributed by atoms with Crippen LogP contribution in [-0.2, 0) is 0 Å². The summed E-state index contributed by atoms with van der Waals surface area (Å²) in [5.41, 5.74) is 2.28. The molecule has 0 aliphatic carbocycles. The van der Waals surface area contributed by atoms with Crippen LogP contribution in [0.25, 0.3) is 0 Å². The summed E-state index contributed by atoms with van der Waals surface area (Å²) in [6.45, 7) is 3.63. The summed E-state index contributed by atoms with van der Waals surface area (Å²) in [6.07, 6.45) is 0. The molecule has 6 nitrogen and oxygen atoms in total. The highest BCUT2D eigenvalue weighted by Gasteiger charge is 2.18. The maximum absolute atomic E-state index is 12.5. The number of ether oxygens (including phenoxy) is 1. The molecule has 2 aromatic rings. The Morgan fingerprint density at radius 3 is 2.62 bits per heavy atom. The van der Waals surface area contributed by atoms with Crippen molar-refractivity contribution in [1.82, 2.24) is 5.32 Å². The number of para-hydroxylation sites is 1. The topological polar surface area (TPSA) is 79.5 Å². The van der Waals surface area contributed by atoms with Gasteiger partial charge in [0.25, 0.3) is 11.8 Å². The third-order valence-electron chi connectivity index (χ3n) is 3.70. The van der Waals surface area contributed by atoms with Crippen LogP contribution in [0.1, 0.15) is 27.6 Å². The normalized spacial score (nSPS) is 13.1. The molecule has 3 N–H and O–H groups in total. The lowest BCUT2D eigenvalue weighted by Crippen LogP contribution is -2.24. The van der Waals surface area contributed by atoms with Crippen LogP contribution in [0.2, 0.25) is 0 Å². The molecule has 124 valence electrons. The van der Waals surface area contributed by atoms with E-state index in [0.29, 0.717) is 42.2 Å². The summed E-state index contributed by atoms with van der Waals surface area (Å²) in [5.74, 6) is 0.339. The Labute approximate surface area is 140 Å². The van der Waals surface area contributed by atoms with Gasteiger partial charge < -0.3 is 20.7 Å². The van der Waals surface area contributed by atoms with E-state index in [1.54, 1.807) is 42.5 Å². The second kappa shape index (κ2) is 7.04. The van der Waals surface area contributed by atoms with Crippen molar-refractivity contribution in [3.63, 3.8) is 0 Å². The first kappa shape index (κ1) is 15.9. The number of benzene rings is 2. The van der Waals surface area contributed by atoms with Crippen LogP contribution in [0, 0.1) is 0 Å². The van der Waals surface area contributed by atoms with Gasteiger partial charge in [-0.3, -0.25) is 9.59 Å². The van der Waals surface area contributed by atoms with Crippen LogP contribution in [0.5, 0.6) is 5.75 Å². The van der Waals surface area contributed by atoms with Crippen molar-refractivity contribution in [1.29, 1.82) is 0 Å². The standard InChI is InChI=1S/C18H19N3O3/c1-2-24-13-8-6-12(7-9-13)17(22)21-15-5-3-4-14-16(15)19-10-11-20-18(14)23/h3-9,19H,2,10-11H2,1H3,(H,20,23)(H,21,22). The van der Waals surface area contributed by atoms with Gasteiger partial charge in [-0.05, 0) is 43.3 Å². The predicted molar refractivity (Wildman–Crippen MR) is 92.8 cm³/mol. The summed E-state index contributed by atoms with van der Waals surface area (Å²) in [4.78, 5) is 24.5. The van der Waals surface area contributed by atoms with Crippen molar-refractivity contribution in [3.8, 4) is 5.75 Å². The first-order valence-corrected chi connectivity index (χ1v) is 7.88. The van der Waals surface area contributed by atoms with Gasteiger partial charge in [0.15, 0.2) is 0 Å². The molecule has 0 saturated heterocycles. The summed E-state index contributed by atoms with van der Waals surface area (Å²) < 4.78 is 5.37. The Kier molecular flexibility index (Phi) is 4.65. The number of anilines is 2. The number of hydrogen-bond acceptors (Lipinski definition) is 4. The molecule has 0 spiro atoms. The van der Waals surface area contributed by atoms with Gasteiger partial charge in [-0.2, -0.15) is 0 Å². The van der Waals surface area contributed by atoms with Crippen molar-refractivity contribution in [2.45, 2.75) is 6.92 Å². The fourth-order valence-electron chi connectivity index (χ4n) is 2.56. The Balaban J connectivity index is 1.82. The minimum absolute atomic E-state index is 0.146. The lowest BCUT2D eigenvalue weighted by Gasteiger charge is -2.14. The molecule has 0 unspecified atom stereocenters. The number of amides is 2. The number of carbonyl (C=O) groups excluding carboxylic acids is 2. The molecule has 3 rings (SSSR count). The molecule has 6 heteroatoms. The average molecular weight is 325 g/mol. The average Bonchev–Trinajstić information content (AvgIpc) is 2.78. The molecular formula is C18H19N3O3. The first-order valence-electron chi connectivity index (χ1n) is 7.88. The summed E-state index contributed by atoms with van der Waals surface area (Å²) >= 11 is 0. The van der Waals surface area contributed by atoms with Crippen molar-refractivity contribution in [2.24, 2.45) is 0 Å². The van der Waals surface area contributed by atoms with Gasteiger partial charge in [0.1, 0.15) is 5.75 Å². The van der Waals surface area contributed by atoms with Gasteiger partial charge in [-0.1, -0.05) is 6.07 Å². The molecule has 1 heterocycles. The largest absolute Gasteiger partial charge is 0.494 e. The molecule has 1 aliphatic rings. The zero-order valence-electron chi connectivity index (χ0n) is 13.4. The fraction of sp³-hybridized carbons (Fsp3) is 0.222. The fourth-order valence-corrected chi connectivity index (χ4v) is 2.56. The van der Waals surface area contributed by atoms with Crippen LogP contribution in [0.3, 0.4) is 0 Å². The van der Waals surface area contributed by atoms with E-state index in [9.17, 15) is 9.59 Å². The molecule has 2 aromatic carbocycles. The van der Waals surface area contributed by atoms with E-state index in [1.807, 2.05) is 6.92 Å². The zero-order valence-corrected chi connectivity index (χ0v) is 13.4. The summed E-state index contributed by atoms with van der Waals surface area (Å²) in [6, 6.07) is 12.2. The van der Waals surface area contributed by atoms with E-state index >= 15 is 0 Å². The zero-order chi connectivity index (χ0) is 16.9. The van der Waals surface area contributed by atoms with Crippen LogP contribution >= 0.6 is 0 Å². The number of rotatable bonds is 4. The van der Waals surface area contributed by atoms with Crippen molar-refractivity contribution < 1.29 is 14.3 Å². The van der Waals surface area contributed by atoms with Gasteiger partial charge in [0.05, 0.1) is 23.5 Å². The van der Waals surface area contributed by atoms with Crippen molar-refractivity contribution in [3.05, 3.63) is 53.6 Å². The molecule has 0 bridgehead atoms. The van der Waals surface area contributed by atoms with Gasteiger partial charge in [0.2, 0.25) is 0 Å². The predicted octanol–water partition coefficient (Wildman–Crippen LogP) is 2.49. The quantitative estimate of drug-likeness (QED) is 0.807. The van der Waals surface area contributed by atoms with Crippen LogP contribution in [0.15, 0.2) is 42.5 Å². The van der Waals surface area contributed by atoms with E-state index in [-0.39, 0.29) is 11.8 Å². The second-order valence-electron chi connectivity index (χ2n) is 5.32. The molecule has 0 aromatic heterocycles. The van der Waals surface area contributed by atoms with Gasteiger partial charge in [-0.15, -0.1) is 0 Å². The monoisotopic (exact) mass is 325 g/mol. The van der Waals surface area contributed by atoms with Crippen molar-refractivity contribution >= 4 is 23.2 Å². The highest BCUT2D eigenvalue weighted by molar-refractivity contribution is 6.09. The lowest BCUT2D eigenvalue weighted by atomic mass is 10.1. The summed E-state index contributed by atoms with van der Waals surface area (Å²) in [5, 5.41) is 8.86. The first-order chi connectivity index (χ1) is 11.7. The van der Waals surface area contributed by atoms with E-state index in [4.69, 9.17) is 4.74 Å². The maximum atomic E-state index is 12.5. The maximum Gasteiger partial charge on any atom is 0.255 e. The number of fused-ring (bicyclic) bond motifs is 1. The van der Waals surface area contributed by atoms with E-state index in [0.717, 1.165) is 5.75 Å². The van der Waals surface area contributed by atoms with Crippen LogP contribution in [-0.4, -0.2) is 31.5 Å². The minimum atomic E-state index is -0.238. The van der Waals surface area contributed by atoms with E-state index in [2.05, 4.69) is 16.0 Å². The van der Waals surface area contributed by atoms with Crippen LogP contribution in [0.4, 0.5) is 11.4 Å². The SMILES string of the molecule is CCOc1ccc(C(=O)Nc2cccc3c2NCCNC3=O)cc1. The molecule has 0 radical (unpaired) electrons. The Morgan fingerprint density at radius 1 is 1.12 bits per heavy atom. The molecule has 1 aliphatic heterocycles. The second-order valence-corrected chi connectivity index (χ2v) is 5.32. The molecule has 24 heavy (non-hydrogen) atoms. The highest BCUT2D eigenvalue weighted by atomic mass is 16.5. The summed E-state index contributed by atoms with van der Waals surface area (Å²) in [7, 11) is 0. The molecule has 0 saturated carbocycles. The number of carbonyl (C=O) groups is 2. The minimum Gasteiger partial charge on any atom is -0.494 e. The van der Waals surface area contributed by atoms with Crippen LogP contribution < -0.4 is 20.7 Å². The van der Waals surface area contributed by atoms with Gasteiger partial charge in [-0.25, -0.2) is 0 Å². The Morgan fingerprint density at radius 2 is 1.88 bits per heavy atom.